The molecule has 0 radical (unpaired) electrons. The van der Waals surface area contributed by atoms with Gasteiger partial charge in [-0.2, -0.15) is 0 Å². The molecule has 0 spiro atoms. The Kier molecular flexibility index (Phi) is 5.24. The molecule has 4 nitrogen and oxygen atoms in total. The van der Waals surface area contributed by atoms with E-state index in [2.05, 4.69) is 11.4 Å². The zero-order valence-corrected chi connectivity index (χ0v) is 11.6. The Morgan fingerprint density at radius 2 is 2.11 bits per heavy atom. The van der Waals surface area contributed by atoms with Crippen LogP contribution in [0.1, 0.15) is 18.6 Å². The molecule has 1 aromatic heterocycles. The smallest absolute Gasteiger partial charge is 0.176 e. The highest BCUT2D eigenvalue weighted by Crippen LogP contribution is 2.28. The number of benzene rings is 1. The van der Waals surface area contributed by atoms with Gasteiger partial charge >= 0.3 is 0 Å². The van der Waals surface area contributed by atoms with E-state index in [1.54, 1.807) is 14.2 Å². The third kappa shape index (κ3) is 3.72. The Bertz CT molecular complexity index is 507. The lowest BCUT2D eigenvalue weighted by Gasteiger charge is -2.02. The molecule has 1 N–H and O–H groups in total. The van der Waals surface area contributed by atoms with Crippen LogP contribution >= 0.6 is 0 Å². The lowest BCUT2D eigenvalue weighted by Crippen LogP contribution is -2.14. The molecule has 0 aliphatic rings. The van der Waals surface area contributed by atoms with E-state index in [4.69, 9.17) is 13.9 Å². The number of unbranched alkanes of at least 4 members (excludes halogenated alkanes) is 1. The molecule has 1 heterocycles. The van der Waals surface area contributed by atoms with Crippen LogP contribution < -0.4 is 10.1 Å². The summed E-state index contributed by atoms with van der Waals surface area (Å²) in [6, 6.07) is 7.97. The maximum Gasteiger partial charge on any atom is 0.176 e. The molecule has 2 aromatic rings. The average molecular weight is 263 g/mol. The molecule has 0 amide bonds. The third-order valence-electron chi connectivity index (χ3n) is 3.03. The number of hydrogen-bond donors (Lipinski definition) is 1. The molecule has 1 aromatic carbocycles. The number of hydrogen-bond acceptors (Lipinski definition) is 4. The van der Waals surface area contributed by atoms with Gasteiger partial charge in [-0.25, -0.2) is 0 Å². The van der Waals surface area contributed by atoms with E-state index < -0.39 is 0 Å². The summed E-state index contributed by atoms with van der Waals surface area (Å²) < 4.78 is 16.1. The molecule has 0 atom stereocenters. The lowest BCUT2D eigenvalue weighted by atomic mass is 10.2. The van der Waals surface area contributed by atoms with Gasteiger partial charge in [0.2, 0.25) is 0 Å². The van der Waals surface area contributed by atoms with Crippen molar-refractivity contribution in [2.45, 2.75) is 19.4 Å². The van der Waals surface area contributed by atoms with Gasteiger partial charge in [-0.3, -0.25) is 0 Å². The van der Waals surface area contributed by atoms with Crippen molar-refractivity contribution in [3.63, 3.8) is 0 Å². The second-order valence-electron chi connectivity index (χ2n) is 4.47. The van der Waals surface area contributed by atoms with Crippen LogP contribution in [-0.4, -0.2) is 27.4 Å². The number of fused-ring (bicyclic) bond motifs is 1. The highest BCUT2D eigenvalue weighted by Gasteiger charge is 2.07. The normalized spacial score (nSPS) is 11.1. The van der Waals surface area contributed by atoms with Gasteiger partial charge < -0.3 is 19.2 Å². The van der Waals surface area contributed by atoms with Gasteiger partial charge in [-0.05, 0) is 31.5 Å². The molecule has 2 rings (SSSR count). The van der Waals surface area contributed by atoms with Crippen molar-refractivity contribution in [3.05, 3.63) is 30.0 Å². The first-order valence-electron chi connectivity index (χ1n) is 6.60. The predicted molar refractivity (Wildman–Crippen MR) is 75.6 cm³/mol. The molecule has 4 heteroatoms. The maximum absolute atomic E-state index is 5.81. The molecule has 0 saturated carbocycles. The fraction of sp³-hybridized carbons (Fsp3) is 0.467. The highest BCUT2D eigenvalue weighted by molar-refractivity contribution is 5.83. The summed E-state index contributed by atoms with van der Waals surface area (Å²) in [5, 5.41) is 4.45. The van der Waals surface area contributed by atoms with E-state index in [1.807, 2.05) is 18.2 Å². The molecular weight excluding hydrogens is 242 g/mol. The zero-order valence-electron chi connectivity index (χ0n) is 11.6. The first-order chi connectivity index (χ1) is 9.35. The SMILES string of the molecule is COCCCCNCc1cc2cccc(OC)c2o1. The maximum atomic E-state index is 5.81. The second-order valence-corrected chi connectivity index (χ2v) is 4.47. The van der Waals surface area contributed by atoms with Gasteiger partial charge in [0.25, 0.3) is 0 Å². The standard InChI is InChI=1S/C15H21NO3/c1-17-9-4-3-8-16-11-13-10-12-6-5-7-14(18-2)15(12)19-13/h5-7,10,16H,3-4,8-9,11H2,1-2H3. The summed E-state index contributed by atoms with van der Waals surface area (Å²) in [5.74, 6) is 1.72. The molecule has 0 bridgehead atoms. The van der Waals surface area contributed by atoms with E-state index in [-0.39, 0.29) is 0 Å². The number of methoxy groups -OCH3 is 2. The molecule has 0 aliphatic heterocycles. The Morgan fingerprint density at radius 1 is 1.21 bits per heavy atom. The van der Waals surface area contributed by atoms with E-state index in [0.29, 0.717) is 0 Å². The molecule has 104 valence electrons. The van der Waals surface area contributed by atoms with Gasteiger partial charge in [0.15, 0.2) is 11.3 Å². The summed E-state index contributed by atoms with van der Waals surface area (Å²) in [4.78, 5) is 0. The highest BCUT2D eigenvalue weighted by atomic mass is 16.5. The summed E-state index contributed by atoms with van der Waals surface area (Å²) in [6.45, 7) is 2.53. The average Bonchev–Trinajstić information content (AvgIpc) is 2.85. The van der Waals surface area contributed by atoms with Gasteiger partial charge in [0.05, 0.1) is 13.7 Å². The summed E-state index contributed by atoms with van der Waals surface area (Å²) in [7, 11) is 3.39. The van der Waals surface area contributed by atoms with Crippen LogP contribution in [0.4, 0.5) is 0 Å². The molecular formula is C15H21NO3. The molecule has 0 unspecified atom stereocenters. The third-order valence-corrected chi connectivity index (χ3v) is 3.03. The van der Waals surface area contributed by atoms with Crippen LogP contribution in [0, 0.1) is 0 Å². The summed E-state index contributed by atoms with van der Waals surface area (Å²) >= 11 is 0. The summed E-state index contributed by atoms with van der Waals surface area (Å²) in [6.07, 6.45) is 2.19. The van der Waals surface area contributed by atoms with Crippen LogP contribution in [0.25, 0.3) is 11.0 Å². The Balaban J connectivity index is 1.87. The number of rotatable bonds is 8. The monoisotopic (exact) mass is 263 g/mol. The van der Waals surface area contributed by atoms with Crippen LogP contribution in [-0.2, 0) is 11.3 Å². The first-order valence-corrected chi connectivity index (χ1v) is 6.60. The predicted octanol–water partition coefficient (Wildman–Crippen LogP) is 2.96. The summed E-state index contributed by atoms with van der Waals surface area (Å²) in [5.41, 5.74) is 0.821. The zero-order chi connectivity index (χ0) is 13.5. The van der Waals surface area contributed by atoms with E-state index in [1.165, 1.54) is 0 Å². The van der Waals surface area contributed by atoms with Crippen LogP contribution in [0.5, 0.6) is 5.75 Å². The Morgan fingerprint density at radius 3 is 2.89 bits per heavy atom. The number of furan rings is 1. The van der Waals surface area contributed by atoms with E-state index in [0.717, 1.165) is 55.0 Å². The minimum Gasteiger partial charge on any atom is -0.493 e. The molecule has 0 aliphatic carbocycles. The number of nitrogens with one attached hydrogen (secondary N) is 1. The topological polar surface area (TPSA) is 43.6 Å². The van der Waals surface area contributed by atoms with Gasteiger partial charge in [-0.1, -0.05) is 12.1 Å². The fourth-order valence-corrected chi connectivity index (χ4v) is 2.05. The van der Waals surface area contributed by atoms with Gasteiger partial charge in [0, 0.05) is 19.1 Å². The Labute approximate surface area is 113 Å². The number of ether oxygens (including phenoxy) is 2. The van der Waals surface area contributed by atoms with Crippen LogP contribution in [0.15, 0.2) is 28.7 Å². The van der Waals surface area contributed by atoms with Crippen molar-refractivity contribution in [1.29, 1.82) is 0 Å². The lowest BCUT2D eigenvalue weighted by molar-refractivity contribution is 0.192. The minimum absolute atomic E-state index is 0.741. The van der Waals surface area contributed by atoms with Crippen LogP contribution in [0.2, 0.25) is 0 Å². The van der Waals surface area contributed by atoms with Gasteiger partial charge in [-0.15, -0.1) is 0 Å². The van der Waals surface area contributed by atoms with Gasteiger partial charge in [0.1, 0.15) is 5.76 Å². The van der Waals surface area contributed by atoms with E-state index in [9.17, 15) is 0 Å². The van der Waals surface area contributed by atoms with Crippen molar-refractivity contribution in [2.75, 3.05) is 27.4 Å². The van der Waals surface area contributed by atoms with Crippen molar-refractivity contribution < 1.29 is 13.9 Å². The fourth-order valence-electron chi connectivity index (χ4n) is 2.05. The second kappa shape index (κ2) is 7.16. The quantitative estimate of drug-likeness (QED) is 0.744. The largest absolute Gasteiger partial charge is 0.493 e. The molecule has 0 fully saturated rings. The van der Waals surface area contributed by atoms with Crippen molar-refractivity contribution >= 4 is 11.0 Å². The molecule has 0 saturated heterocycles. The van der Waals surface area contributed by atoms with Crippen molar-refractivity contribution in [2.24, 2.45) is 0 Å². The molecule has 19 heavy (non-hydrogen) atoms. The first kappa shape index (κ1) is 13.9. The Hall–Kier alpha value is -1.52. The van der Waals surface area contributed by atoms with Crippen molar-refractivity contribution in [3.8, 4) is 5.75 Å². The number of para-hydroxylation sites is 1. The van der Waals surface area contributed by atoms with Crippen LogP contribution in [0.3, 0.4) is 0 Å². The van der Waals surface area contributed by atoms with Crippen molar-refractivity contribution in [1.82, 2.24) is 5.32 Å². The van der Waals surface area contributed by atoms with E-state index >= 15 is 0 Å². The minimum atomic E-state index is 0.741.